The highest BCUT2D eigenvalue weighted by atomic mass is 16.2. The molecule has 1 aliphatic heterocycles. The molecule has 1 saturated carbocycles. The first-order valence-corrected chi connectivity index (χ1v) is 5.58. The largest absolute Gasteiger partial charge is 0.342 e. The first-order chi connectivity index (χ1) is 6.77. The molecule has 14 heavy (non-hydrogen) atoms. The number of likely N-dealkylation sites (tertiary alicyclic amines) is 1. The van der Waals surface area contributed by atoms with Crippen molar-refractivity contribution in [1.82, 2.24) is 4.90 Å². The number of ketones is 1. The Morgan fingerprint density at radius 3 is 2.29 bits per heavy atom. The summed E-state index contributed by atoms with van der Waals surface area (Å²) in [4.78, 5) is 24.9. The second-order valence-corrected chi connectivity index (χ2v) is 4.35. The van der Waals surface area contributed by atoms with E-state index in [0.29, 0.717) is 24.5 Å². The van der Waals surface area contributed by atoms with Crippen LogP contribution in [-0.2, 0) is 9.59 Å². The second-order valence-electron chi connectivity index (χ2n) is 4.35. The van der Waals surface area contributed by atoms with Crippen molar-refractivity contribution in [3.05, 3.63) is 0 Å². The van der Waals surface area contributed by atoms with Crippen LogP contribution in [0.5, 0.6) is 0 Å². The minimum atomic E-state index is 0.144. The van der Waals surface area contributed by atoms with Crippen LogP contribution in [0.15, 0.2) is 0 Å². The Kier molecular flexibility index (Phi) is 2.85. The number of carbonyl (C=O) groups excluding carboxylic acids is 2. The van der Waals surface area contributed by atoms with Crippen LogP contribution in [0.2, 0.25) is 0 Å². The van der Waals surface area contributed by atoms with E-state index in [2.05, 4.69) is 0 Å². The Labute approximate surface area is 84.5 Å². The summed E-state index contributed by atoms with van der Waals surface area (Å²) >= 11 is 0. The van der Waals surface area contributed by atoms with Gasteiger partial charge in [-0.05, 0) is 25.7 Å². The molecule has 0 spiro atoms. The molecule has 3 nitrogen and oxygen atoms in total. The van der Waals surface area contributed by atoms with Gasteiger partial charge in [-0.3, -0.25) is 9.59 Å². The van der Waals surface area contributed by atoms with Crippen molar-refractivity contribution in [2.24, 2.45) is 5.92 Å². The average Bonchev–Trinajstić information content (AvgIpc) is 2.71. The molecular weight excluding hydrogens is 178 g/mol. The molecule has 1 saturated heterocycles. The maximum Gasteiger partial charge on any atom is 0.225 e. The van der Waals surface area contributed by atoms with Gasteiger partial charge in [0.05, 0.1) is 0 Å². The molecule has 2 rings (SSSR count). The molecule has 0 aromatic rings. The molecule has 2 fully saturated rings. The fourth-order valence-electron chi connectivity index (χ4n) is 2.38. The normalized spacial score (nSPS) is 24.3. The van der Waals surface area contributed by atoms with E-state index in [1.165, 1.54) is 0 Å². The van der Waals surface area contributed by atoms with Crippen LogP contribution in [-0.4, -0.2) is 29.7 Å². The van der Waals surface area contributed by atoms with Crippen LogP contribution < -0.4 is 0 Å². The molecule has 1 aliphatic carbocycles. The summed E-state index contributed by atoms with van der Waals surface area (Å²) < 4.78 is 0. The lowest BCUT2D eigenvalue weighted by molar-refractivity contribution is -0.136. The van der Waals surface area contributed by atoms with Gasteiger partial charge in [0.1, 0.15) is 5.78 Å². The van der Waals surface area contributed by atoms with Crippen molar-refractivity contribution in [3.63, 3.8) is 0 Å². The third kappa shape index (κ3) is 1.97. The quantitative estimate of drug-likeness (QED) is 0.633. The predicted octanol–water partition coefficient (Wildman–Crippen LogP) is 1.37. The molecule has 1 amide bonds. The van der Waals surface area contributed by atoms with Crippen LogP contribution in [0.3, 0.4) is 0 Å². The summed E-state index contributed by atoms with van der Waals surface area (Å²) in [7, 11) is 0. The minimum absolute atomic E-state index is 0.144. The molecule has 78 valence electrons. The Balaban J connectivity index is 1.88. The number of amides is 1. The smallest absolute Gasteiger partial charge is 0.225 e. The Morgan fingerprint density at radius 1 is 1.14 bits per heavy atom. The molecule has 0 aromatic carbocycles. The number of carbonyl (C=O) groups is 2. The van der Waals surface area contributed by atoms with Crippen LogP contribution in [0.1, 0.15) is 38.5 Å². The van der Waals surface area contributed by atoms with E-state index in [4.69, 9.17) is 0 Å². The zero-order chi connectivity index (χ0) is 9.97. The molecule has 0 N–H and O–H groups in total. The maximum absolute atomic E-state index is 11.9. The van der Waals surface area contributed by atoms with E-state index in [-0.39, 0.29) is 5.92 Å². The van der Waals surface area contributed by atoms with Crippen molar-refractivity contribution >= 4 is 11.7 Å². The maximum atomic E-state index is 11.9. The lowest BCUT2D eigenvalue weighted by Gasteiger charge is -2.25. The summed E-state index contributed by atoms with van der Waals surface area (Å²) in [5, 5.41) is 0. The predicted molar refractivity (Wildman–Crippen MR) is 52.8 cm³/mol. The summed E-state index contributed by atoms with van der Waals surface area (Å²) in [5.41, 5.74) is 0. The number of nitrogens with zero attached hydrogens (tertiary/aromatic N) is 1. The Morgan fingerprint density at radius 2 is 1.71 bits per heavy atom. The lowest BCUT2D eigenvalue weighted by Crippen LogP contribution is -2.35. The zero-order valence-corrected chi connectivity index (χ0v) is 8.50. The lowest BCUT2D eigenvalue weighted by atomic mass is 9.87. The molecule has 0 bridgehead atoms. The van der Waals surface area contributed by atoms with Gasteiger partial charge >= 0.3 is 0 Å². The van der Waals surface area contributed by atoms with E-state index in [1.54, 1.807) is 0 Å². The fourth-order valence-corrected chi connectivity index (χ4v) is 2.38. The molecule has 3 heteroatoms. The zero-order valence-electron chi connectivity index (χ0n) is 8.50. The van der Waals surface area contributed by atoms with Crippen LogP contribution >= 0.6 is 0 Å². The van der Waals surface area contributed by atoms with Gasteiger partial charge in [-0.15, -0.1) is 0 Å². The summed E-state index contributed by atoms with van der Waals surface area (Å²) in [6.07, 6.45) is 5.10. The molecular formula is C11H17NO2. The van der Waals surface area contributed by atoms with Gasteiger partial charge in [-0.1, -0.05) is 0 Å². The van der Waals surface area contributed by atoms with Crippen molar-refractivity contribution in [2.45, 2.75) is 38.5 Å². The minimum Gasteiger partial charge on any atom is -0.342 e. The highest BCUT2D eigenvalue weighted by molar-refractivity contribution is 5.84. The van der Waals surface area contributed by atoms with Gasteiger partial charge in [0.25, 0.3) is 0 Å². The number of hydrogen-bond acceptors (Lipinski definition) is 2. The summed E-state index contributed by atoms with van der Waals surface area (Å²) in [6, 6.07) is 0. The van der Waals surface area contributed by atoms with Crippen molar-refractivity contribution in [2.75, 3.05) is 13.1 Å². The Bertz CT molecular complexity index is 234. The second kappa shape index (κ2) is 4.11. The first-order valence-electron chi connectivity index (χ1n) is 5.58. The number of hydrogen-bond donors (Lipinski definition) is 0. The third-order valence-electron chi connectivity index (χ3n) is 3.31. The van der Waals surface area contributed by atoms with Crippen LogP contribution in [0.4, 0.5) is 0 Å². The van der Waals surface area contributed by atoms with Crippen LogP contribution in [0.25, 0.3) is 0 Å². The molecule has 0 radical (unpaired) electrons. The standard InChI is InChI=1S/C11H17NO2/c13-10-5-3-9(4-6-10)11(14)12-7-1-2-8-12/h9H,1-8H2. The van der Waals surface area contributed by atoms with E-state index < -0.39 is 0 Å². The van der Waals surface area contributed by atoms with E-state index in [1.807, 2.05) is 4.90 Å². The SMILES string of the molecule is O=C1CCC(C(=O)N2CCCC2)CC1. The molecule has 1 heterocycles. The van der Waals surface area contributed by atoms with E-state index >= 15 is 0 Å². The van der Waals surface area contributed by atoms with Crippen molar-refractivity contribution in [1.29, 1.82) is 0 Å². The number of Topliss-reactive ketones (excluding diaryl/α,β-unsaturated/α-hetero) is 1. The van der Waals surface area contributed by atoms with Gasteiger partial charge in [0, 0.05) is 31.8 Å². The van der Waals surface area contributed by atoms with Gasteiger partial charge in [0.15, 0.2) is 0 Å². The van der Waals surface area contributed by atoms with Gasteiger partial charge in [0.2, 0.25) is 5.91 Å². The van der Waals surface area contributed by atoms with Gasteiger partial charge in [-0.25, -0.2) is 0 Å². The third-order valence-corrected chi connectivity index (χ3v) is 3.31. The molecule has 0 unspecified atom stereocenters. The van der Waals surface area contributed by atoms with Crippen molar-refractivity contribution in [3.8, 4) is 0 Å². The van der Waals surface area contributed by atoms with Crippen molar-refractivity contribution < 1.29 is 9.59 Å². The average molecular weight is 195 g/mol. The monoisotopic (exact) mass is 195 g/mol. The summed E-state index contributed by atoms with van der Waals surface area (Å²) in [6.45, 7) is 1.87. The summed E-state index contributed by atoms with van der Waals surface area (Å²) in [5.74, 6) is 0.774. The van der Waals surface area contributed by atoms with Gasteiger partial charge < -0.3 is 4.90 Å². The Hall–Kier alpha value is -0.860. The molecule has 0 atom stereocenters. The van der Waals surface area contributed by atoms with Gasteiger partial charge in [-0.2, -0.15) is 0 Å². The van der Waals surface area contributed by atoms with E-state index in [0.717, 1.165) is 38.8 Å². The molecule has 2 aliphatic rings. The number of rotatable bonds is 1. The highest BCUT2D eigenvalue weighted by Gasteiger charge is 2.29. The first kappa shape index (κ1) is 9.69. The fraction of sp³-hybridized carbons (Fsp3) is 0.818. The topological polar surface area (TPSA) is 37.4 Å². The van der Waals surface area contributed by atoms with Crippen LogP contribution in [0, 0.1) is 5.92 Å². The highest BCUT2D eigenvalue weighted by Crippen LogP contribution is 2.24. The van der Waals surface area contributed by atoms with E-state index in [9.17, 15) is 9.59 Å². The molecule has 0 aromatic heterocycles.